The number of amides is 2. The Labute approximate surface area is 169 Å². The number of ether oxygens (including phenoxy) is 1. The molecule has 2 amide bonds. The Hall–Kier alpha value is -1.73. The molecule has 1 heterocycles. The van der Waals surface area contributed by atoms with Gasteiger partial charge < -0.3 is 10.5 Å². The molecular formula is C18H21N3NaO3. The minimum absolute atomic E-state index is 0. The number of benzene rings is 1. The number of nitrogens with one attached hydrogen (secondary N) is 1. The number of hydrogen-bond acceptors (Lipinski definition) is 5. The van der Waals surface area contributed by atoms with Crippen LogP contribution in [0.2, 0.25) is 0 Å². The average molecular weight is 350 g/mol. The number of pyridine rings is 1. The van der Waals surface area contributed by atoms with Gasteiger partial charge in [0.05, 0.1) is 6.54 Å². The first kappa shape index (κ1) is 21.3. The van der Waals surface area contributed by atoms with E-state index in [1.807, 2.05) is 12.1 Å². The molecule has 1 aromatic carbocycles. The number of aromatic nitrogens is 1. The second-order valence-corrected chi connectivity index (χ2v) is 5.62. The third-order valence-corrected chi connectivity index (χ3v) is 3.46. The standard InChI is InChI=1S/C18H21N3O3.Na/c1-12(2)14-7-5-13(6-8-14)11-24-15-4-3-9-20-17(15)18(23)21-16(22)10-19;/h3-9,12H,10-11,19H2,1-2H3,(H,21,22,23);. The third kappa shape index (κ3) is 6.25. The molecule has 3 N–H and O–H groups in total. The van der Waals surface area contributed by atoms with E-state index in [-0.39, 0.29) is 41.8 Å². The molecule has 0 bridgehead atoms. The monoisotopic (exact) mass is 350 g/mol. The molecule has 2 rings (SSSR count). The molecule has 0 aliphatic rings. The Morgan fingerprint density at radius 1 is 1.20 bits per heavy atom. The van der Waals surface area contributed by atoms with Crippen molar-refractivity contribution >= 4 is 41.4 Å². The number of rotatable bonds is 6. The van der Waals surface area contributed by atoms with E-state index < -0.39 is 11.8 Å². The zero-order valence-electron chi connectivity index (χ0n) is 14.8. The second kappa shape index (κ2) is 10.3. The van der Waals surface area contributed by atoms with Crippen LogP contribution in [0.3, 0.4) is 0 Å². The molecule has 7 heteroatoms. The van der Waals surface area contributed by atoms with Crippen molar-refractivity contribution in [1.29, 1.82) is 0 Å². The predicted octanol–water partition coefficient (Wildman–Crippen LogP) is 1.62. The largest absolute Gasteiger partial charge is 0.486 e. The predicted molar refractivity (Wildman–Crippen MR) is 96.4 cm³/mol. The van der Waals surface area contributed by atoms with E-state index in [2.05, 4.69) is 36.3 Å². The summed E-state index contributed by atoms with van der Waals surface area (Å²) in [4.78, 5) is 27.3. The molecule has 0 unspecified atom stereocenters. The minimum Gasteiger partial charge on any atom is -0.486 e. The van der Waals surface area contributed by atoms with Gasteiger partial charge in [-0.3, -0.25) is 14.9 Å². The SMILES string of the molecule is CC(C)c1ccc(COc2cccnc2C(=O)NC(=O)CN)cc1.[Na]. The van der Waals surface area contributed by atoms with Crippen LogP contribution >= 0.6 is 0 Å². The number of imide groups is 1. The number of carbonyl (C=O) groups excluding carboxylic acids is 2. The Bertz CT molecular complexity index is 718. The van der Waals surface area contributed by atoms with Crippen molar-refractivity contribution in [3.05, 3.63) is 59.4 Å². The number of hydrogen-bond donors (Lipinski definition) is 2. The van der Waals surface area contributed by atoms with Gasteiger partial charge >= 0.3 is 0 Å². The van der Waals surface area contributed by atoms with Crippen molar-refractivity contribution in [2.75, 3.05) is 6.54 Å². The van der Waals surface area contributed by atoms with Gasteiger partial charge in [-0.2, -0.15) is 0 Å². The Morgan fingerprint density at radius 2 is 1.88 bits per heavy atom. The molecule has 0 saturated heterocycles. The molecule has 0 fully saturated rings. The molecule has 0 saturated carbocycles. The Kier molecular flexibility index (Phi) is 8.78. The first-order chi connectivity index (χ1) is 11.5. The van der Waals surface area contributed by atoms with Gasteiger partial charge in [-0.15, -0.1) is 0 Å². The minimum atomic E-state index is -0.629. The van der Waals surface area contributed by atoms with Gasteiger partial charge in [-0.05, 0) is 29.2 Å². The molecule has 0 aliphatic heterocycles. The Morgan fingerprint density at radius 3 is 2.48 bits per heavy atom. The summed E-state index contributed by atoms with van der Waals surface area (Å²) in [7, 11) is 0. The van der Waals surface area contributed by atoms with E-state index in [0.29, 0.717) is 18.3 Å². The van der Waals surface area contributed by atoms with Crippen LogP contribution in [0.1, 0.15) is 41.4 Å². The fourth-order valence-corrected chi connectivity index (χ4v) is 2.07. The van der Waals surface area contributed by atoms with Gasteiger partial charge in [0.2, 0.25) is 5.91 Å². The number of nitrogens with zero attached hydrogens (tertiary/aromatic N) is 1. The van der Waals surface area contributed by atoms with E-state index in [9.17, 15) is 9.59 Å². The van der Waals surface area contributed by atoms with E-state index >= 15 is 0 Å². The third-order valence-electron chi connectivity index (χ3n) is 3.46. The van der Waals surface area contributed by atoms with Crippen LogP contribution in [0.5, 0.6) is 5.75 Å². The van der Waals surface area contributed by atoms with E-state index in [0.717, 1.165) is 5.56 Å². The van der Waals surface area contributed by atoms with Gasteiger partial charge in [-0.1, -0.05) is 38.1 Å². The zero-order valence-corrected chi connectivity index (χ0v) is 16.8. The molecule has 1 radical (unpaired) electrons. The number of nitrogens with two attached hydrogens (primary N) is 1. The zero-order chi connectivity index (χ0) is 17.5. The summed E-state index contributed by atoms with van der Waals surface area (Å²) in [6, 6.07) is 11.4. The van der Waals surface area contributed by atoms with Gasteiger partial charge in [0, 0.05) is 35.8 Å². The van der Waals surface area contributed by atoms with Gasteiger partial charge in [0.15, 0.2) is 11.4 Å². The van der Waals surface area contributed by atoms with Crippen LogP contribution in [0, 0.1) is 0 Å². The summed E-state index contributed by atoms with van der Waals surface area (Å²) in [6.45, 7) is 4.30. The molecule has 6 nitrogen and oxygen atoms in total. The summed E-state index contributed by atoms with van der Waals surface area (Å²) in [5.74, 6) is -0.418. The van der Waals surface area contributed by atoms with Crippen molar-refractivity contribution in [2.45, 2.75) is 26.4 Å². The molecular weight excluding hydrogens is 329 g/mol. The van der Waals surface area contributed by atoms with E-state index in [1.54, 1.807) is 12.1 Å². The molecule has 127 valence electrons. The van der Waals surface area contributed by atoms with E-state index in [4.69, 9.17) is 10.5 Å². The van der Waals surface area contributed by atoms with Crippen molar-refractivity contribution in [2.24, 2.45) is 5.73 Å². The van der Waals surface area contributed by atoms with Crippen LogP contribution in [0.15, 0.2) is 42.6 Å². The first-order valence-corrected chi connectivity index (χ1v) is 7.72. The van der Waals surface area contributed by atoms with Crippen LogP contribution in [-0.2, 0) is 11.4 Å². The maximum absolute atomic E-state index is 12.0. The Balaban J connectivity index is 0.00000312. The van der Waals surface area contributed by atoms with Crippen molar-refractivity contribution in [1.82, 2.24) is 10.3 Å². The van der Waals surface area contributed by atoms with Crippen LogP contribution in [-0.4, -0.2) is 52.9 Å². The van der Waals surface area contributed by atoms with Crippen molar-refractivity contribution < 1.29 is 14.3 Å². The molecule has 0 spiro atoms. The molecule has 2 aromatic rings. The van der Waals surface area contributed by atoms with Gasteiger partial charge in [-0.25, -0.2) is 4.98 Å². The molecule has 25 heavy (non-hydrogen) atoms. The number of carbonyl (C=O) groups is 2. The fourth-order valence-electron chi connectivity index (χ4n) is 2.07. The van der Waals surface area contributed by atoms with Crippen LogP contribution in [0.25, 0.3) is 0 Å². The van der Waals surface area contributed by atoms with Crippen LogP contribution in [0.4, 0.5) is 0 Å². The van der Waals surface area contributed by atoms with Gasteiger partial charge in [0.25, 0.3) is 5.91 Å². The normalized spacial score (nSPS) is 10.1. The van der Waals surface area contributed by atoms with Crippen molar-refractivity contribution in [3.63, 3.8) is 0 Å². The summed E-state index contributed by atoms with van der Waals surface area (Å²) in [5, 5.41) is 2.16. The van der Waals surface area contributed by atoms with E-state index in [1.165, 1.54) is 11.8 Å². The second-order valence-electron chi connectivity index (χ2n) is 5.62. The van der Waals surface area contributed by atoms with Gasteiger partial charge in [0.1, 0.15) is 6.61 Å². The van der Waals surface area contributed by atoms with Crippen molar-refractivity contribution in [3.8, 4) is 5.75 Å². The molecule has 0 atom stereocenters. The summed E-state index contributed by atoms with van der Waals surface area (Å²) in [6.07, 6.45) is 1.46. The summed E-state index contributed by atoms with van der Waals surface area (Å²) >= 11 is 0. The van der Waals surface area contributed by atoms with Crippen LogP contribution < -0.4 is 15.8 Å². The molecule has 0 aliphatic carbocycles. The average Bonchev–Trinajstić information content (AvgIpc) is 2.60. The summed E-state index contributed by atoms with van der Waals surface area (Å²) < 4.78 is 5.69. The summed E-state index contributed by atoms with van der Waals surface area (Å²) in [5.41, 5.74) is 7.47. The maximum Gasteiger partial charge on any atom is 0.280 e. The quantitative estimate of drug-likeness (QED) is 0.772. The first-order valence-electron chi connectivity index (χ1n) is 7.72. The molecule has 1 aromatic heterocycles. The topological polar surface area (TPSA) is 94.3 Å². The fraction of sp³-hybridized carbons (Fsp3) is 0.278. The smallest absolute Gasteiger partial charge is 0.280 e. The maximum atomic E-state index is 12.0.